The minimum absolute atomic E-state index is 0.687. The molecular weight excluding hydrogens is 268 g/mol. The number of nitrogens with one attached hydrogen (secondary N) is 1. The number of fused-ring (bicyclic) bond motifs is 1. The highest BCUT2D eigenvalue weighted by atomic mass is 32.1. The third-order valence-electron chi connectivity index (χ3n) is 3.56. The number of anilines is 2. The van der Waals surface area contributed by atoms with E-state index >= 15 is 0 Å². The molecule has 0 unspecified atom stereocenters. The summed E-state index contributed by atoms with van der Waals surface area (Å²) in [5.74, 6) is 1.90. The second-order valence-electron chi connectivity index (χ2n) is 5.36. The van der Waals surface area contributed by atoms with Crippen molar-refractivity contribution in [1.82, 2.24) is 9.97 Å². The zero-order valence-electron chi connectivity index (χ0n) is 12.2. The molecule has 1 aliphatic carbocycles. The van der Waals surface area contributed by atoms with Crippen LogP contribution in [0.4, 0.5) is 11.8 Å². The van der Waals surface area contributed by atoms with E-state index in [1.165, 1.54) is 18.2 Å². The van der Waals surface area contributed by atoms with Gasteiger partial charge in [-0.15, -0.1) is 11.3 Å². The fourth-order valence-electron chi connectivity index (χ4n) is 2.46. The summed E-state index contributed by atoms with van der Waals surface area (Å²) in [6.45, 7) is 6.40. The first-order valence-electron chi connectivity index (χ1n) is 7.59. The van der Waals surface area contributed by atoms with Gasteiger partial charge in [-0.05, 0) is 37.1 Å². The molecule has 0 aromatic carbocycles. The Bertz CT molecular complexity index is 576. The van der Waals surface area contributed by atoms with Crippen molar-refractivity contribution in [2.45, 2.75) is 45.6 Å². The van der Waals surface area contributed by atoms with Crippen molar-refractivity contribution in [1.29, 1.82) is 0 Å². The van der Waals surface area contributed by atoms with E-state index in [1.54, 1.807) is 11.3 Å². The van der Waals surface area contributed by atoms with Crippen LogP contribution in [0.5, 0.6) is 0 Å². The van der Waals surface area contributed by atoms with Crippen LogP contribution in [0.15, 0.2) is 11.4 Å². The Balaban J connectivity index is 1.99. The molecule has 0 spiro atoms. The number of hydrogen-bond acceptors (Lipinski definition) is 5. The van der Waals surface area contributed by atoms with Gasteiger partial charge in [-0.25, -0.2) is 4.98 Å². The summed E-state index contributed by atoms with van der Waals surface area (Å²) in [7, 11) is 0. The smallest absolute Gasteiger partial charge is 0.226 e. The Morgan fingerprint density at radius 2 is 2.15 bits per heavy atom. The van der Waals surface area contributed by atoms with Gasteiger partial charge in [-0.3, -0.25) is 0 Å². The Morgan fingerprint density at radius 3 is 2.85 bits per heavy atom. The third kappa shape index (κ3) is 2.73. The first kappa shape index (κ1) is 13.6. The fraction of sp³-hybridized carbons (Fsp3) is 0.600. The lowest BCUT2D eigenvalue weighted by molar-refractivity contribution is 0.753. The molecule has 0 radical (unpaired) electrons. The first-order valence-corrected chi connectivity index (χ1v) is 8.47. The SMILES string of the molecule is CCCNc1nc(N(CCC)C2CC2)c2ccsc2n1. The zero-order chi connectivity index (χ0) is 13.9. The minimum Gasteiger partial charge on any atom is -0.354 e. The van der Waals surface area contributed by atoms with E-state index in [0.29, 0.717) is 6.04 Å². The molecule has 0 aliphatic heterocycles. The second kappa shape index (κ2) is 5.95. The highest BCUT2D eigenvalue weighted by Gasteiger charge is 2.31. The van der Waals surface area contributed by atoms with Crippen LogP contribution in [-0.4, -0.2) is 29.1 Å². The van der Waals surface area contributed by atoms with Crippen molar-refractivity contribution in [3.05, 3.63) is 11.4 Å². The van der Waals surface area contributed by atoms with Crippen LogP contribution in [0.3, 0.4) is 0 Å². The maximum Gasteiger partial charge on any atom is 0.226 e. The summed E-state index contributed by atoms with van der Waals surface area (Å²) < 4.78 is 0. The Kier molecular flexibility index (Phi) is 4.05. The fourth-order valence-corrected chi connectivity index (χ4v) is 3.22. The second-order valence-corrected chi connectivity index (χ2v) is 6.26. The highest BCUT2D eigenvalue weighted by Crippen LogP contribution is 2.36. The summed E-state index contributed by atoms with van der Waals surface area (Å²) in [6.07, 6.45) is 4.84. The van der Waals surface area contributed by atoms with E-state index in [-0.39, 0.29) is 0 Å². The van der Waals surface area contributed by atoms with Crippen molar-refractivity contribution in [2.24, 2.45) is 0 Å². The van der Waals surface area contributed by atoms with Crippen LogP contribution >= 0.6 is 11.3 Å². The van der Waals surface area contributed by atoms with E-state index in [0.717, 1.165) is 42.5 Å². The molecule has 20 heavy (non-hydrogen) atoms. The van der Waals surface area contributed by atoms with E-state index in [1.807, 2.05) is 0 Å². The first-order chi connectivity index (χ1) is 9.83. The standard InChI is InChI=1S/C15H22N4S/c1-3-8-16-15-17-13(12-7-10-20-14(12)18-15)19(9-4-2)11-5-6-11/h7,10-11H,3-6,8-9H2,1-2H3,(H,16,17,18). The molecular formula is C15H22N4S. The van der Waals surface area contributed by atoms with Crippen molar-refractivity contribution >= 4 is 33.3 Å². The molecule has 2 heterocycles. The zero-order valence-corrected chi connectivity index (χ0v) is 13.0. The van der Waals surface area contributed by atoms with Gasteiger partial charge in [0.15, 0.2) is 0 Å². The summed E-state index contributed by atoms with van der Waals surface area (Å²) in [5, 5.41) is 6.65. The van der Waals surface area contributed by atoms with Crippen LogP contribution in [0, 0.1) is 0 Å². The summed E-state index contributed by atoms with van der Waals surface area (Å²) in [5.41, 5.74) is 0. The maximum atomic E-state index is 4.80. The van der Waals surface area contributed by atoms with Crippen LogP contribution < -0.4 is 10.2 Å². The molecule has 1 fully saturated rings. The quantitative estimate of drug-likeness (QED) is 0.840. The maximum absolute atomic E-state index is 4.80. The number of thiophene rings is 1. The third-order valence-corrected chi connectivity index (χ3v) is 4.37. The van der Waals surface area contributed by atoms with Crippen molar-refractivity contribution in [2.75, 3.05) is 23.3 Å². The normalized spacial score (nSPS) is 14.7. The Labute approximate surface area is 124 Å². The molecule has 0 saturated heterocycles. The van der Waals surface area contributed by atoms with Gasteiger partial charge in [0.1, 0.15) is 10.6 Å². The number of hydrogen-bond donors (Lipinski definition) is 1. The molecule has 108 valence electrons. The Hall–Kier alpha value is -1.36. The van der Waals surface area contributed by atoms with Crippen LogP contribution in [0.2, 0.25) is 0 Å². The lowest BCUT2D eigenvalue weighted by atomic mass is 10.3. The molecule has 1 saturated carbocycles. The van der Waals surface area contributed by atoms with Gasteiger partial charge in [-0.1, -0.05) is 13.8 Å². The highest BCUT2D eigenvalue weighted by molar-refractivity contribution is 7.16. The van der Waals surface area contributed by atoms with Gasteiger partial charge in [0.2, 0.25) is 5.95 Å². The van der Waals surface area contributed by atoms with Crippen LogP contribution in [-0.2, 0) is 0 Å². The molecule has 2 aromatic rings. The van der Waals surface area contributed by atoms with Gasteiger partial charge >= 0.3 is 0 Å². The van der Waals surface area contributed by atoms with Gasteiger partial charge in [0.25, 0.3) is 0 Å². The molecule has 3 rings (SSSR count). The number of rotatable bonds is 7. The molecule has 2 aromatic heterocycles. The molecule has 1 aliphatic rings. The van der Waals surface area contributed by atoms with Crippen LogP contribution in [0.1, 0.15) is 39.5 Å². The monoisotopic (exact) mass is 290 g/mol. The predicted octanol–water partition coefficient (Wildman–Crippen LogP) is 3.89. The van der Waals surface area contributed by atoms with E-state index in [2.05, 4.69) is 40.5 Å². The topological polar surface area (TPSA) is 41.1 Å². The van der Waals surface area contributed by atoms with Crippen LogP contribution in [0.25, 0.3) is 10.2 Å². The number of aromatic nitrogens is 2. The van der Waals surface area contributed by atoms with E-state index in [4.69, 9.17) is 4.98 Å². The van der Waals surface area contributed by atoms with Gasteiger partial charge in [-0.2, -0.15) is 4.98 Å². The average molecular weight is 290 g/mol. The summed E-state index contributed by atoms with van der Waals surface area (Å²) in [6, 6.07) is 2.84. The molecule has 0 bridgehead atoms. The van der Waals surface area contributed by atoms with Gasteiger partial charge in [0, 0.05) is 19.1 Å². The average Bonchev–Trinajstić information content (AvgIpc) is 3.19. The minimum atomic E-state index is 0.687. The lowest BCUT2D eigenvalue weighted by Crippen LogP contribution is -2.28. The van der Waals surface area contributed by atoms with Gasteiger partial charge < -0.3 is 10.2 Å². The summed E-state index contributed by atoms with van der Waals surface area (Å²) >= 11 is 1.70. The lowest BCUT2D eigenvalue weighted by Gasteiger charge is -2.24. The summed E-state index contributed by atoms with van der Waals surface area (Å²) in [4.78, 5) is 13.0. The van der Waals surface area contributed by atoms with E-state index in [9.17, 15) is 0 Å². The van der Waals surface area contributed by atoms with Gasteiger partial charge in [0.05, 0.1) is 5.39 Å². The van der Waals surface area contributed by atoms with Crippen molar-refractivity contribution < 1.29 is 0 Å². The van der Waals surface area contributed by atoms with E-state index < -0.39 is 0 Å². The molecule has 1 N–H and O–H groups in total. The predicted molar refractivity (Wildman–Crippen MR) is 86.9 cm³/mol. The number of nitrogens with zero attached hydrogens (tertiary/aromatic N) is 3. The van der Waals surface area contributed by atoms with Crippen molar-refractivity contribution in [3.8, 4) is 0 Å². The Morgan fingerprint density at radius 1 is 1.30 bits per heavy atom. The molecule has 0 atom stereocenters. The molecule has 0 amide bonds. The largest absolute Gasteiger partial charge is 0.354 e. The molecule has 4 nitrogen and oxygen atoms in total. The van der Waals surface area contributed by atoms with Crippen molar-refractivity contribution in [3.63, 3.8) is 0 Å². The molecule has 5 heteroatoms.